The van der Waals surface area contributed by atoms with E-state index in [4.69, 9.17) is 9.47 Å². The molecule has 25 heavy (non-hydrogen) atoms. The Bertz CT molecular complexity index is 596. The molecule has 2 aliphatic heterocycles. The molecular weight excluding hydrogens is 320 g/mol. The van der Waals surface area contributed by atoms with Crippen LogP contribution in [0.15, 0.2) is 24.3 Å². The van der Waals surface area contributed by atoms with Crippen LogP contribution in [0.5, 0.6) is 5.75 Å². The second-order valence-corrected chi connectivity index (χ2v) is 6.64. The van der Waals surface area contributed by atoms with Gasteiger partial charge in [0.15, 0.2) is 0 Å². The maximum atomic E-state index is 12.6. The highest BCUT2D eigenvalue weighted by atomic mass is 16.5. The predicted molar refractivity (Wildman–Crippen MR) is 94.6 cm³/mol. The van der Waals surface area contributed by atoms with Gasteiger partial charge < -0.3 is 19.7 Å². The number of nitrogens with zero attached hydrogens (tertiary/aromatic N) is 1. The van der Waals surface area contributed by atoms with Crippen molar-refractivity contribution < 1.29 is 19.1 Å². The van der Waals surface area contributed by atoms with Crippen LogP contribution in [0.2, 0.25) is 0 Å². The lowest BCUT2D eigenvalue weighted by molar-refractivity contribution is -0.137. The summed E-state index contributed by atoms with van der Waals surface area (Å²) in [6.07, 6.45) is 5.11. The second-order valence-electron chi connectivity index (χ2n) is 6.64. The van der Waals surface area contributed by atoms with E-state index in [0.717, 1.165) is 38.0 Å². The zero-order valence-corrected chi connectivity index (χ0v) is 14.7. The Hall–Kier alpha value is -2.08. The van der Waals surface area contributed by atoms with Crippen LogP contribution in [0.1, 0.15) is 38.5 Å². The van der Waals surface area contributed by atoms with Crippen LogP contribution in [-0.2, 0) is 14.3 Å². The lowest BCUT2D eigenvalue weighted by atomic mass is 10.1. The second kappa shape index (κ2) is 8.34. The molecular formula is C19H26N2O4. The summed E-state index contributed by atoms with van der Waals surface area (Å²) in [6, 6.07) is 6.83. The SMILES string of the molecule is COc1ccc(NC(=O)[C@H]2CCCN2C(=O)CC[C@@H]2CCCO2)cc1. The summed E-state index contributed by atoms with van der Waals surface area (Å²) >= 11 is 0. The molecule has 0 unspecified atom stereocenters. The van der Waals surface area contributed by atoms with Crippen molar-refractivity contribution in [3.05, 3.63) is 24.3 Å². The van der Waals surface area contributed by atoms with E-state index in [1.807, 2.05) is 0 Å². The van der Waals surface area contributed by atoms with E-state index in [1.165, 1.54) is 0 Å². The molecule has 3 rings (SSSR count). The molecule has 0 aromatic heterocycles. The zero-order valence-electron chi connectivity index (χ0n) is 14.7. The molecule has 2 fully saturated rings. The molecule has 0 aliphatic carbocycles. The number of carbonyl (C=O) groups is 2. The van der Waals surface area contributed by atoms with Crippen LogP contribution in [0.3, 0.4) is 0 Å². The number of likely N-dealkylation sites (tertiary alicyclic amines) is 1. The van der Waals surface area contributed by atoms with E-state index in [0.29, 0.717) is 25.1 Å². The molecule has 2 heterocycles. The Balaban J connectivity index is 1.53. The molecule has 1 N–H and O–H groups in total. The fourth-order valence-corrected chi connectivity index (χ4v) is 3.54. The maximum absolute atomic E-state index is 12.6. The number of methoxy groups -OCH3 is 1. The monoisotopic (exact) mass is 346 g/mol. The van der Waals surface area contributed by atoms with Gasteiger partial charge in [0.25, 0.3) is 0 Å². The third kappa shape index (κ3) is 4.51. The lowest BCUT2D eigenvalue weighted by Gasteiger charge is -2.24. The molecule has 6 nitrogen and oxygen atoms in total. The fourth-order valence-electron chi connectivity index (χ4n) is 3.54. The standard InChI is InChI=1S/C19H26N2O4/c1-24-15-8-6-14(7-9-15)20-19(23)17-5-2-12-21(17)18(22)11-10-16-4-3-13-25-16/h6-9,16-17H,2-5,10-13H2,1H3,(H,20,23)/t16-,17+/m0/s1. The average Bonchev–Trinajstić information content (AvgIpc) is 3.32. The van der Waals surface area contributed by atoms with Gasteiger partial charge in [0.05, 0.1) is 13.2 Å². The molecule has 6 heteroatoms. The molecule has 2 amide bonds. The van der Waals surface area contributed by atoms with Crippen LogP contribution in [0, 0.1) is 0 Å². The highest BCUT2D eigenvalue weighted by Gasteiger charge is 2.34. The first-order valence-electron chi connectivity index (χ1n) is 9.03. The average molecular weight is 346 g/mol. The Morgan fingerprint density at radius 3 is 2.72 bits per heavy atom. The summed E-state index contributed by atoms with van der Waals surface area (Å²) in [6.45, 7) is 1.46. The molecule has 0 saturated carbocycles. The number of ether oxygens (including phenoxy) is 2. The van der Waals surface area contributed by atoms with Crippen molar-refractivity contribution >= 4 is 17.5 Å². The number of benzene rings is 1. The summed E-state index contributed by atoms with van der Waals surface area (Å²) in [4.78, 5) is 26.8. The van der Waals surface area contributed by atoms with Crippen molar-refractivity contribution in [1.82, 2.24) is 4.90 Å². The summed E-state index contributed by atoms with van der Waals surface area (Å²) in [5.41, 5.74) is 0.712. The zero-order chi connectivity index (χ0) is 17.6. The van der Waals surface area contributed by atoms with Crippen molar-refractivity contribution in [2.45, 2.75) is 50.7 Å². The van der Waals surface area contributed by atoms with Gasteiger partial charge in [-0.1, -0.05) is 0 Å². The van der Waals surface area contributed by atoms with Crippen LogP contribution in [0.25, 0.3) is 0 Å². The number of nitrogens with one attached hydrogen (secondary N) is 1. The molecule has 1 aromatic carbocycles. The molecule has 2 saturated heterocycles. The maximum Gasteiger partial charge on any atom is 0.247 e. The van der Waals surface area contributed by atoms with Gasteiger partial charge in [0.2, 0.25) is 11.8 Å². The van der Waals surface area contributed by atoms with Crippen LogP contribution < -0.4 is 10.1 Å². The fraction of sp³-hybridized carbons (Fsp3) is 0.579. The van der Waals surface area contributed by atoms with Gasteiger partial charge in [-0.2, -0.15) is 0 Å². The van der Waals surface area contributed by atoms with Gasteiger partial charge in [0, 0.05) is 25.3 Å². The van der Waals surface area contributed by atoms with Crippen molar-refractivity contribution in [1.29, 1.82) is 0 Å². The highest BCUT2D eigenvalue weighted by Crippen LogP contribution is 2.23. The van der Waals surface area contributed by atoms with Crippen molar-refractivity contribution in [3.63, 3.8) is 0 Å². The number of amides is 2. The topological polar surface area (TPSA) is 67.9 Å². The van der Waals surface area contributed by atoms with E-state index >= 15 is 0 Å². The van der Waals surface area contributed by atoms with Gasteiger partial charge >= 0.3 is 0 Å². The highest BCUT2D eigenvalue weighted by molar-refractivity contribution is 5.97. The van der Waals surface area contributed by atoms with Gasteiger partial charge in [-0.15, -0.1) is 0 Å². The van der Waals surface area contributed by atoms with Crippen molar-refractivity contribution in [2.24, 2.45) is 0 Å². The van der Waals surface area contributed by atoms with E-state index in [1.54, 1.807) is 36.3 Å². The summed E-state index contributed by atoms with van der Waals surface area (Å²) in [5, 5.41) is 2.90. The third-order valence-electron chi connectivity index (χ3n) is 4.94. The number of hydrogen-bond donors (Lipinski definition) is 1. The summed E-state index contributed by atoms with van der Waals surface area (Å²) in [5.74, 6) is 0.681. The summed E-state index contributed by atoms with van der Waals surface area (Å²) in [7, 11) is 1.60. The van der Waals surface area contributed by atoms with Crippen molar-refractivity contribution in [3.8, 4) is 5.75 Å². The minimum Gasteiger partial charge on any atom is -0.497 e. The predicted octanol–water partition coefficient (Wildman–Crippen LogP) is 2.58. The van der Waals surface area contributed by atoms with Crippen LogP contribution in [0.4, 0.5) is 5.69 Å². The minimum atomic E-state index is -0.376. The molecule has 0 spiro atoms. The van der Waals surface area contributed by atoms with Crippen molar-refractivity contribution in [2.75, 3.05) is 25.6 Å². The van der Waals surface area contributed by atoms with Gasteiger partial charge in [-0.25, -0.2) is 0 Å². The van der Waals surface area contributed by atoms with E-state index in [-0.39, 0.29) is 24.0 Å². The number of hydrogen-bond acceptors (Lipinski definition) is 4. The Morgan fingerprint density at radius 1 is 1.24 bits per heavy atom. The molecule has 136 valence electrons. The van der Waals surface area contributed by atoms with Crippen LogP contribution in [-0.4, -0.2) is 49.1 Å². The first-order valence-corrected chi connectivity index (χ1v) is 9.03. The van der Waals surface area contributed by atoms with Gasteiger partial charge in [0.1, 0.15) is 11.8 Å². The quantitative estimate of drug-likeness (QED) is 0.860. The molecule has 2 atom stereocenters. The normalized spacial score (nSPS) is 22.8. The smallest absolute Gasteiger partial charge is 0.247 e. The minimum absolute atomic E-state index is 0.0582. The summed E-state index contributed by atoms with van der Waals surface area (Å²) < 4.78 is 10.7. The van der Waals surface area contributed by atoms with E-state index in [9.17, 15) is 9.59 Å². The van der Waals surface area contributed by atoms with E-state index < -0.39 is 0 Å². The number of anilines is 1. The largest absolute Gasteiger partial charge is 0.497 e. The van der Waals surface area contributed by atoms with Gasteiger partial charge in [-0.3, -0.25) is 9.59 Å². The Labute approximate surface area is 148 Å². The molecule has 2 aliphatic rings. The van der Waals surface area contributed by atoms with Crippen LogP contribution >= 0.6 is 0 Å². The first kappa shape index (κ1) is 17.7. The number of rotatable bonds is 6. The van der Waals surface area contributed by atoms with Gasteiger partial charge in [-0.05, 0) is 56.4 Å². The first-order chi connectivity index (χ1) is 12.2. The lowest BCUT2D eigenvalue weighted by Crippen LogP contribution is -2.43. The number of carbonyl (C=O) groups excluding carboxylic acids is 2. The molecule has 1 aromatic rings. The molecule has 0 bridgehead atoms. The third-order valence-corrected chi connectivity index (χ3v) is 4.94. The van der Waals surface area contributed by atoms with E-state index in [2.05, 4.69) is 5.32 Å². The Kier molecular flexibility index (Phi) is 5.91. The molecule has 0 radical (unpaired) electrons. The Morgan fingerprint density at radius 2 is 2.04 bits per heavy atom.